The molecule has 2 rings (SSSR count). The minimum Gasteiger partial charge on any atom is -0.491 e. The number of hydrogen-bond acceptors (Lipinski definition) is 5. The van der Waals surface area contributed by atoms with E-state index in [9.17, 15) is 10.1 Å². The van der Waals surface area contributed by atoms with Crippen molar-refractivity contribution in [3.63, 3.8) is 0 Å². The van der Waals surface area contributed by atoms with Crippen LogP contribution in [0.1, 0.15) is 11.1 Å². The van der Waals surface area contributed by atoms with E-state index in [0.29, 0.717) is 13.1 Å². The number of ether oxygens (including phenoxy) is 1. The molecule has 0 heterocycles. The van der Waals surface area contributed by atoms with Crippen molar-refractivity contribution in [2.75, 3.05) is 13.2 Å². The highest BCUT2D eigenvalue weighted by molar-refractivity contribution is 5.34. The average molecular weight is 302 g/mol. The smallest absolute Gasteiger partial charge is 0.269 e. The normalized spacial score (nSPS) is 10.4. The first kappa shape index (κ1) is 15.9. The van der Waals surface area contributed by atoms with Gasteiger partial charge in [0.15, 0.2) is 0 Å². The van der Waals surface area contributed by atoms with Crippen molar-refractivity contribution in [1.82, 2.24) is 5.32 Å². The molecule has 0 aliphatic rings. The van der Waals surface area contributed by atoms with Crippen molar-refractivity contribution in [2.45, 2.75) is 13.1 Å². The molecule has 0 saturated heterocycles. The lowest BCUT2D eigenvalue weighted by atomic mass is 10.1. The first-order valence-electron chi connectivity index (χ1n) is 6.96. The fourth-order valence-electron chi connectivity index (χ4n) is 2.02. The monoisotopic (exact) mass is 302 g/mol. The Morgan fingerprint density at radius 2 is 1.82 bits per heavy atom. The molecule has 0 fully saturated rings. The number of nitro benzene ring substituents is 1. The van der Waals surface area contributed by atoms with Gasteiger partial charge in [0.1, 0.15) is 12.4 Å². The van der Waals surface area contributed by atoms with Gasteiger partial charge >= 0.3 is 0 Å². The van der Waals surface area contributed by atoms with Crippen LogP contribution in [0.25, 0.3) is 0 Å². The molecule has 0 saturated carbocycles. The van der Waals surface area contributed by atoms with Gasteiger partial charge in [-0.05, 0) is 11.6 Å². The lowest BCUT2D eigenvalue weighted by Gasteiger charge is -2.11. The van der Waals surface area contributed by atoms with E-state index >= 15 is 0 Å². The van der Waals surface area contributed by atoms with E-state index in [1.54, 1.807) is 12.1 Å². The predicted octanol–water partition coefficient (Wildman–Crippen LogP) is 2.26. The van der Waals surface area contributed by atoms with E-state index in [1.165, 1.54) is 12.1 Å². The molecule has 0 bridgehead atoms. The number of nitrogens with one attached hydrogen (secondary N) is 1. The van der Waals surface area contributed by atoms with Gasteiger partial charge in [0.2, 0.25) is 0 Å². The van der Waals surface area contributed by atoms with E-state index in [0.717, 1.165) is 16.9 Å². The zero-order chi connectivity index (χ0) is 15.8. The molecule has 0 aromatic heterocycles. The summed E-state index contributed by atoms with van der Waals surface area (Å²) in [5.74, 6) is 0.743. The molecular formula is C16H18N2O4. The molecule has 2 N–H and O–H groups in total. The molecule has 22 heavy (non-hydrogen) atoms. The van der Waals surface area contributed by atoms with E-state index in [2.05, 4.69) is 5.32 Å². The number of non-ortho nitro benzene ring substituents is 1. The lowest BCUT2D eigenvalue weighted by molar-refractivity contribution is -0.384. The van der Waals surface area contributed by atoms with Crippen LogP contribution in [0.3, 0.4) is 0 Å². The molecule has 0 aliphatic carbocycles. The summed E-state index contributed by atoms with van der Waals surface area (Å²) >= 11 is 0. The number of rotatable bonds is 8. The Morgan fingerprint density at radius 3 is 2.50 bits per heavy atom. The average Bonchev–Trinajstić information content (AvgIpc) is 2.54. The van der Waals surface area contributed by atoms with Gasteiger partial charge < -0.3 is 15.2 Å². The number of aliphatic hydroxyl groups is 1. The molecule has 2 aromatic carbocycles. The van der Waals surface area contributed by atoms with Gasteiger partial charge in [-0.2, -0.15) is 0 Å². The van der Waals surface area contributed by atoms with Crippen LogP contribution in [0.15, 0.2) is 48.5 Å². The second-order valence-corrected chi connectivity index (χ2v) is 4.71. The molecule has 0 aliphatic heterocycles. The maximum Gasteiger partial charge on any atom is 0.269 e. The summed E-state index contributed by atoms with van der Waals surface area (Å²) in [4.78, 5) is 10.2. The van der Waals surface area contributed by atoms with Gasteiger partial charge in [-0.1, -0.05) is 30.3 Å². The quantitative estimate of drug-likeness (QED) is 0.577. The van der Waals surface area contributed by atoms with E-state index < -0.39 is 4.92 Å². The first-order chi connectivity index (χ1) is 10.7. The van der Waals surface area contributed by atoms with E-state index in [1.807, 2.05) is 24.3 Å². The minimum absolute atomic E-state index is 0.0233. The van der Waals surface area contributed by atoms with Crippen molar-refractivity contribution < 1.29 is 14.8 Å². The maximum atomic E-state index is 10.6. The van der Waals surface area contributed by atoms with E-state index in [-0.39, 0.29) is 18.9 Å². The van der Waals surface area contributed by atoms with Crippen molar-refractivity contribution in [1.29, 1.82) is 0 Å². The largest absolute Gasteiger partial charge is 0.491 e. The van der Waals surface area contributed by atoms with Crippen LogP contribution in [-0.4, -0.2) is 23.2 Å². The molecule has 2 aromatic rings. The Balaban J connectivity index is 1.89. The van der Waals surface area contributed by atoms with Crippen LogP contribution in [0.5, 0.6) is 5.75 Å². The van der Waals surface area contributed by atoms with Crippen molar-refractivity contribution >= 4 is 5.69 Å². The van der Waals surface area contributed by atoms with Crippen LogP contribution >= 0.6 is 0 Å². The van der Waals surface area contributed by atoms with Crippen LogP contribution < -0.4 is 10.1 Å². The van der Waals surface area contributed by atoms with Crippen molar-refractivity contribution in [2.24, 2.45) is 0 Å². The summed E-state index contributed by atoms with van der Waals surface area (Å²) in [5.41, 5.74) is 2.06. The molecule has 6 nitrogen and oxygen atoms in total. The standard InChI is InChI=1S/C16H18N2O4/c19-9-10-22-16-4-2-1-3-14(16)12-17-11-13-5-7-15(8-6-13)18(20)21/h1-8,17,19H,9-12H2. The number of nitro groups is 1. The number of aliphatic hydroxyl groups excluding tert-OH is 1. The fraction of sp³-hybridized carbons (Fsp3) is 0.250. The van der Waals surface area contributed by atoms with Crippen molar-refractivity contribution in [3.05, 3.63) is 69.8 Å². The summed E-state index contributed by atoms with van der Waals surface area (Å²) in [6, 6.07) is 14.1. The molecule has 0 radical (unpaired) electrons. The van der Waals surface area contributed by atoms with Gasteiger partial charge in [-0.15, -0.1) is 0 Å². The third-order valence-electron chi connectivity index (χ3n) is 3.11. The first-order valence-corrected chi connectivity index (χ1v) is 6.96. The maximum absolute atomic E-state index is 10.6. The Kier molecular flexibility index (Phi) is 5.88. The second kappa shape index (κ2) is 8.11. The molecule has 6 heteroatoms. The number of nitrogens with zero attached hydrogens (tertiary/aromatic N) is 1. The zero-order valence-electron chi connectivity index (χ0n) is 12.1. The summed E-state index contributed by atoms with van der Waals surface area (Å²) < 4.78 is 5.47. The molecule has 0 spiro atoms. The summed E-state index contributed by atoms with van der Waals surface area (Å²) in [7, 11) is 0. The Bertz CT molecular complexity index is 614. The number of hydrogen-bond donors (Lipinski definition) is 2. The molecule has 0 unspecified atom stereocenters. The molecular weight excluding hydrogens is 284 g/mol. The number of benzene rings is 2. The zero-order valence-corrected chi connectivity index (χ0v) is 12.1. The second-order valence-electron chi connectivity index (χ2n) is 4.71. The topological polar surface area (TPSA) is 84.6 Å². The van der Waals surface area contributed by atoms with Crippen LogP contribution in [0.2, 0.25) is 0 Å². The molecule has 0 atom stereocenters. The lowest BCUT2D eigenvalue weighted by Crippen LogP contribution is -2.14. The Morgan fingerprint density at radius 1 is 1.09 bits per heavy atom. The minimum atomic E-state index is -0.411. The van der Waals surface area contributed by atoms with Crippen LogP contribution in [0, 0.1) is 10.1 Å². The SMILES string of the molecule is O=[N+]([O-])c1ccc(CNCc2ccccc2OCCO)cc1. The Labute approximate surface area is 128 Å². The number of para-hydroxylation sites is 1. The van der Waals surface area contributed by atoms with Gasteiger partial charge in [0, 0.05) is 30.8 Å². The highest BCUT2D eigenvalue weighted by Gasteiger charge is 2.05. The van der Waals surface area contributed by atoms with Crippen molar-refractivity contribution in [3.8, 4) is 5.75 Å². The van der Waals surface area contributed by atoms with Gasteiger partial charge in [-0.25, -0.2) is 0 Å². The summed E-state index contributed by atoms with van der Waals surface area (Å²) in [6.07, 6.45) is 0. The van der Waals surface area contributed by atoms with Crippen LogP contribution in [0.4, 0.5) is 5.69 Å². The van der Waals surface area contributed by atoms with Crippen LogP contribution in [-0.2, 0) is 13.1 Å². The highest BCUT2D eigenvalue weighted by Crippen LogP contribution is 2.18. The highest BCUT2D eigenvalue weighted by atomic mass is 16.6. The van der Waals surface area contributed by atoms with Gasteiger partial charge in [0.05, 0.1) is 11.5 Å². The third kappa shape index (κ3) is 4.54. The molecule has 116 valence electrons. The van der Waals surface area contributed by atoms with Gasteiger partial charge in [0.25, 0.3) is 5.69 Å². The third-order valence-corrected chi connectivity index (χ3v) is 3.11. The fourth-order valence-corrected chi connectivity index (χ4v) is 2.02. The predicted molar refractivity (Wildman–Crippen MR) is 82.7 cm³/mol. The van der Waals surface area contributed by atoms with Gasteiger partial charge in [-0.3, -0.25) is 10.1 Å². The summed E-state index contributed by atoms with van der Waals surface area (Å²) in [5, 5.41) is 22.7. The summed E-state index contributed by atoms with van der Waals surface area (Å²) in [6.45, 7) is 1.45. The molecule has 0 amide bonds. The van der Waals surface area contributed by atoms with E-state index in [4.69, 9.17) is 9.84 Å². The Hall–Kier alpha value is -2.44.